The van der Waals surface area contributed by atoms with Crippen molar-refractivity contribution in [2.24, 2.45) is 5.41 Å². The first-order valence-electron chi connectivity index (χ1n) is 10.9. The number of ketones is 1. The molecule has 1 N–H and O–H groups in total. The van der Waals surface area contributed by atoms with Gasteiger partial charge in [0.05, 0.1) is 24.3 Å². The molecule has 1 aromatic heterocycles. The number of hydrogen-bond acceptors (Lipinski definition) is 6. The smallest absolute Gasteiger partial charge is 0.226 e. The van der Waals surface area contributed by atoms with Crippen molar-refractivity contribution in [1.82, 2.24) is 14.8 Å². The van der Waals surface area contributed by atoms with Gasteiger partial charge in [-0.2, -0.15) is 4.98 Å². The normalized spacial score (nSPS) is 18.8. The summed E-state index contributed by atoms with van der Waals surface area (Å²) in [4.78, 5) is 18.2. The minimum atomic E-state index is -0.546. The van der Waals surface area contributed by atoms with Gasteiger partial charge in [-0.3, -0.25) is 4.79 Å². The maximum atomic E-state index is 13.4. The van der Waals surface area contributed by atoms with Gasteiger partial charge in [0.15, 0.2) is 11.6 Å². The molecule has 0 saturated carbocycles. The summed E-state index contributed by atoms with van der Waals surface area (Å²) in [5, 5.41) is 9.00. The van der Waals surface area contributed by atoms with Crippen LogP contribution in [0.25, 0.3) is 11.4 Å². The molecular weight excluding hydrogens is 475 g/mol. The number of nitrogens with one attached hydrogen (secondary N) is 1. The fourth-order valence-electron chi connectivity index (χ4n) is 4.69. The van der Waals surface area contributed by atoms with Gasteiger partial charge in [-0.05, 0) is 30.0 Å². The number of hydrogen-bond donors (Lipinski definition) is 1. The van der Waals surface area contributed by atoms with Gasteiger partial charge in [0.25, 0.3) is 0 Å². The van der Waals surface area contributed by atoms with Gasteiger partial charge in [-0.15, -0.1) is 5.10 Å². The lowest BCUT2D eigenvalue weighted by molar-refractivity contribution is -0.118. The van der Waals surface area contributed by atoms with Gasteiger partial charge in [-0.1, -0.05) is 49.2 Å². The quantitative estimate of drug-likeness (QED) is 0.480. The van der Waals surface area contributed by atoms with E-state index in [2.05, 4.69) is 19.2 Å². The molecular formula is C25H24Cl2N4O3. The Morgan fingerprint density at radius 2 is 1.79 bits per heavy atom. The fourth-order valence-corrected chi connectivity index (χ4v) is 5.10. The second kappa shape index (κ2) is 8.32. The van der Waals surface area contributed by atoms with Crippen molar-refractivity contribution in [3.63, 3.8) is 0 Å². The van der Waals surface area contributed by atoms with E-state index < -0.39 is 6.04 Å². The molecule has 1 atom stereocenters. The number of nitrogens with zero attached hydrogens (tertiary/aromatic N) is 3. The molecule has 34 heavy (non-hydrogen) atoms. The summed E-state index contributed by atoms with van der Waals surface area (Å²) >= 11 is 13.0. The SMILES string of the molecule is COc1cc(OC)cc(-c2nc3n(n2)C(c2cccc(Cl)c2Cl)C2=C(CC(C)(C)CC2=O)N3)c1. The molecule has 0 fully saturated rings. The van der Waals surface area contributed by atoms with Gasteiger partial charge < -0.3 is 14.8 Å². The fraction of sp³-hybridized carbons (Fsp3) is 0.320. The monoisotopic (exact) mass is 498 g/mol. The zero-order chi connectivity index (χ0) is 24.2. The molecule has 0 amide bonds. The van der Waals surface area contributed by atoms with E-state index in [9.17, 15) is 4.79 Å². The van der Waals surface area contributed by atoms with E-state index >= 15 is 0 Å². The highest BCUT2D eigenvalue weighted by atomic mass is 35.5. The topological polar surface area (TPSA) is 78.3 Å². The number of carbonyl (C=O) groups is 1. The lowest BCUT2D eigenvalue weighted by Crippen LogP contribution is -2.36. The molecule has 7 nitrogen and oxygen atoms in total. The van der Waals surface area contributed by atoms with Crippen LogP contribution in [0.15, 0.2) is 47.7 Å². The first-order chi connectivity index (χ1) is 16.2. The number of fused-ring (bicyclic) bond motifs is 1. The van der Waals surface area contributed by atoms with Gasteiger partial charge in [-0.25, -0.2) is 4.68 Å². The van der Waals surface area contributed by atoms with Crippen LogP contribution in [0.2, 0.25) is 10.0 Å². The van der Waals surface area contributed by atoms with Crippen molar-refractivity contribution < 1.29 is 14.3 Å². The summed E-state index contributed by atoms with van der Waals surface area (Å²) in [5.74, 6) is 2.31. The van der Waals surface area contributed by atoms with Crippen LogP contribution in [0.5, 0.6) is 11.5 Å². The average Bonchev–Trinajstić information content (AvgIpc) is 3.22. The number of rotatable bonds is 4. The van der Waals surface area contributed by atoms with Crippen LogP contribution in [-0.4, -0.2) is 34.8 Å². The maximum absolute atomic E-state index is 13.4. The number of carbonyl (C=O) groups excluding carboxylic acids is 1. The second-order valence-electron chi connectivity index (χ2n) is 9.31. The molecule has 5 rings (SSSR count). The molecule has 2 aliphatic rings. The van der Waals surface area contributed by atoms with Crippen molar-refractivity contribution in [2.75, 3.05) is 19.5 Å². The highest BCUT2D eigenvalue weighted by Crippen LogP contribution is 2.47. The molecule has 0 spiro atoms. The summed E-state index contributed by atoms with van der Waals surface area (Å²) in [6, 6.07) is 10.4. The van der Waals surface area contributed by atoms with E-state index in [0.29, 0.717) is 57.3 Å². The minimum Gasteiger partial charge on any atom is -0.497 e. The van der Waals surface area contributed by atoms with Crippen LogP contribution in [0.1, 0.15) is 38.3 Å². The van der Waals surface area contributed by atoms with E-state index in [-0.39, 0.29) is 11.2 Å². The van der Waals surface area contributed by atoms with Gasteiger partial charge in [0, 0.05) is 34.9 Å². The van der Waals surface area contributed by atoms with E-state index in [1.54, 1.807) is 31.0 Å². The molecule has 1 aliphatic carbocycles. The van der Waals surface area contributed by atoms with Gasteiger partial charge >= 0.3 is 0 Å². The van der Waals surface area contributed by atoms with E-state index in [4.69, 9.17) is 42.8 Å². The van der Waals surface area contributed by atoms with E-state index in [1.807, 2.05) is 24.3 Å². The zero-order valence-electron chi connectivity index (χ0n) is 19.3. The summed E-state index contributed by atoms with van der Waals surface area (Å²) in [6.45, 7) is 4.18. The van der Waals surface area contributed by atoms with E-state index in [0.717, 1.165) is 11.3 Å². The number of anilines is 1. The number of ether oxygens (including phenoxy) is 2. The first kappa shape index (κ1) is 22.7. The Hall–Kier alpha value is -3.03. The van der Waals surface area contributed by atoms with Crippen LogP contribution in [0.4, 0.5) is 5.95 Å². The maximum Gasteiger partial charge on any atom is 0.226 e. The summed E-state index contributed by atoms with van der Waals surface area (Å²) in [7, 11) is 3.18. The first-order valence-corrected chi connectivity index (χ1v) is 11.6. The molecule has 3 aromatic rings. The standard InChI is InChI=1S/C25H24Cl2N4O3/c1-25(2)11-18-20(19(32)12-25)22(16-6-5-7-17(26)21(16)27)31-24(28-18)29-23(30-31)13-8-14(33-3)10-15(9-13)34-4/h5-10,22H,11-12H2,1-4H3,(H,28,29,30). The summed E-state index contributed by atoms with van der Waals surface area (Å²) in [6.07, 6.45) is 1.14. The molecule has 2 heterocycles. The Kier molecular flexibility index (Phi) is 5.57. The van der Waals surface area contributed by atoms with Crippen molar-refractivity contribution in [3.05, 3.63) is 63.3 Å². The highest BCUT2D eigenvalue weighted by Gasteiger charge is 2.42. The third kappa shape index (κ3) is 3.83. The molecule has 0 radical (unpaired) electrons. The lowest BCUT2D eigenvalue weighted by atomic mass is 9.73. The molecule has 1 aliphatic heterocycles. The Bertz CT molecular complexity index is 1320. The number of Topliss-reactive ketones (excluding diaryl/α,β-unsaturated/α-hetero) is 1. The lowest BCUT2D eigenvalue weighted by Gasteiger charge is -2.38. The molecule has 0 saturated heterocycles. The summed E-state index contributed by atoms with van der Waals surface area (Å²) in [5.41, 5.74) is 2.75. The van der Waals surface area contributed by atoms with E-state index in [1.165, 1.54) is 0 Å². The Labute approximate surface area is 207 Å². The van der Waals surface area contributed by atoms with Crippen LogP contribution in [0, 0.1) is 5.41 Å². The predicted molar refractivity (Wildman–Crippen MR) is 132 cm³/mol. The molecule has 9 heteroatoms. The second-order valence-corrected chi connectivity index (χ2v) is 10.1. The predicted octanol–water partition coefficient (Wildman–Crippen LogP) is 5.93. The molecule has 2 aromatic carbocycles. The molecule has 176 valence electrons. The number of allylic oxidation sites excluding steroid dienone is 2. The average molecular weight is 499 g/mol. The largest absolute Gasteiger partial charge is 0.497 e. The number of aromatic nitrogens is 3. The Morgan fingerprint density at radius 3 is 2.47 bits per heavy atom. The van der Waals surface area contributed by atoms with Crippen molar-refractivity contribution >= 4 is 34.9 Å². The third-order valence-electron chi connectivity index (χ3n) is 6.22. The van der Waals surface area contributed by atoms with Crippen molar-refractivity contribution in [1.29, 1.82) is 0 Å². The van der Waals surface area contributed by atoms with Crippen LogP contribution in [-0.2, 0) is 4.79 Å². The number of methoxy groups -OCH3 is 2. The van der Waals surface area contributed by atoms with Gasteiger partial charge in [0.2, 0.25) is 5.95 Å². The summed E-state index contributed by atoms with van der Waals surface area (Å²) < 4.78 is 12.5. The van der Waals surface area contributed by atoms with Gasteiger partial charge in [0.1, 0.15) is 17.5 Å². The van der Waals surface area contributed by atoms with Crippen LogP contribution in [0.3, 0.4) is 0 Å². The number of benzene rings is 2. The van der Waals surface area contributed by atoms with Crippen LogP contribution < -0.4 is 14.8 Å². The Morgan fingerprint density at radius 1 is 1.09 bits per heavy atom. The third-order valence-corrected chi connectivity index (χ3v) is 7.05. The zero-order valence-corrected chi connectivity index (χ0v) is 20.8. The Balaban J connectivity index is 1.71. The highest BCUT2D eigenvalue weighted by molar-refractivity contribution is 6.42. The van der Waals surface area contributed by atoms with Crippen LogP contribution >= 0.6 is 23.2 Å². The number of halogens is 2. The molecule has 0 bridgehead atoms. The van der Waals surface area contributed by atoms with Crippen molar-refractivity contribution in [3.8, 4) is 22.9 Å². The minimum absolute atomic E-state index is 0.0607. The molecule has 1 unspecified atom stereocenters. The van der Waals surface area contributed by atoms with Crippen molar-refractivity contribution in [2.45, 2.75) is 32.7 Å².